The predicted octanol–water partition coefficient (Wildman–Crippen LogP) is 5.18. The highest BCUT2D eigenvalue weighted by Crippen LogP contribution is 2.21. The van der Waals surface area contributed by atoms with Crippen LogP contribution in [0.15, 0.2) is 53.0 Å². The Hall–Kier alpha value is -1.65. The van der Waals surface area contributed by atoms with E-state index in [1.54, 1.807) is 12.1 Å². The van der Waals surface area contributed by atoms with Crippen LogP contribution in [0.1, 0.15) is 47.7 Å². The topological polar surface area (TPSA) is 29.5 Å². The predicted molar refractivity (Wildman–Crippen MR) is 103 cm³/mol. The summed E-state index contributed by atoms with van der Waals surface area (Å²) in [5, 5.41) is 0. The van der Waals surface area contributed by atoms with Crippen LogP contribution in [0.25, 0.3) is 0 Å². The van der Waals surface area contributed by atoms with Crippen LogP contribution in [0.2, 0.25) is 0 Å². The van der Waals surface area contributed by atoms with E-state index in [0.717, 1.165) is 23.1 Å². The van der Waals surface area contributed by atoms with Crippen molar-refractivity contribution < 1.29 is 9.53 Å². The number of carbonyl (C=O) groups is 1. The number of carbonyl (C=O) groups excluding carboxylic acids is 1. The average Bonchev–Trinajstić information content (AvgIpc) is 2.63. The number of ether oxygens (including phenoxy) is 1. The molecular formula is C21H24BrNO2. The Balaban J connectivity index is 1.64. The lowest BCUT2D eigenvalue weighted by atomic mass is 10.0. The summed E-state index contributed by atoms with van der Waals surface area (Å²) < 4.78 is 6.49. The van der Waals surface area contributed by atoms with Gasteiger partial charge in [-0.2, -0.15) is 0 Å². The quantitative estimate of drug-likeness (QED) is 0.646. The lowest BCUT2D eigenvalue weighted by Crippen LogP contribution is -2.37. The summed E-state index contributed by atoms with van der Waals surface area (Å²) >= 11 is 3.37. The smallest absolute Gasteiger partial charge is 0.338 e. The molecule has 0 unspecified atom stereocenters. The molecule has 3 rings (SSSR count). The van der Waals surface area contributed by atoms with E-state index in [0.29, 0.717) is 18.2 Å². The van der Waals surface area contributed by atoms with Gasteiger partial charge in [0.2, 0.25) is 0 Å². The molecule has 3 nitrogen and oxygen atoms in total. The fourth-order valence-electron chi connectivity index (χ4n) is 3.28. The minimum Gasteiger partial charge on any atom is -0.457 e. The Morgan fingerprint density at radius 1 is 1.12 bits per heavy atom. The highest BCUT2D eigenvalue weighted by atomic mass is 79.9. The van der Waals surface area contributed by atoms with Gasteiger partial charge in [0, 0.05) is 17.1 Å². The molecule has 1 heterocycles. The zero-order valence-electron chi connectivity index (χ0n) is 14.6. The summed E-state index contributed by atoms with van der Waals surface area (Å²) in [5.41, 5.74) is 2.91. The molecule has 0 radical (unpaired) electrons. The number of hydrogen-bond acceptors (Lipinski definition) is 3. The molecular weight excluding hydrogens is 378 g/mol. The summed E-state index contributed by atoms with van der Waals surface area (Å²) in [6, 6.07) is 16.1. The summed E-state index contributed by atoms with van der Waals surface area (Å²) in [6.45, 7) is 4.68. The van der Waals surface area contributed by atoms with Crippen LogP contribution in [0, 0.1) is 0 Å². The Morgan fingerprint density at radius 2 is 1.84 bits per heavy atom. The van der Waals surface area contributed by atoms with E-state index in [1.807, 2.05) is 18.2 Å². The molecule has 2 aromatic rings. The molecule has 0 saturated carbocycles. The van der Waals surface area contributed by atoms with Crippen molar-refractivity contribution in [1.29, 1.82) is 0 Å². The second-order valence-electron chi connectivity index (χ2n) is 6.67. The third-order valence-electron chi connectivity index (χ3n) is 4.87. The van der Waals surface area contributed by atoms with Crippen LogP contribution >= 0.6 is 15.9 Å². The number of likely N-dealkylation sites (tertiary alicyclic amines) is 1. The van der Waals surface area contributed by atoms with Crippen molar-refractivity contribution in [3.63, 3.8) is 0 Å². The molecule has 1 aliphatic heterocycles. The van der Waals surface area contributed by atoms with E-state index in [4.69, 9.17) is 4.74 Å². The van der Waals surface area contributed by atoms with Crippen molar-refractivity contribution in [2.75, 3.05) is 6.54 Å². The van der Waals surface area contributed by atoms with Gasteiger partial charge in [0.25, 0.3) is 0 Å². The van der Waals surface area contributed by atoms with E-state index in [9.17, 15) is 4.79 Å². The molecule has 25 heavy (non-hydrogen) atoms. The van der Waals surface area contributed by atoms with Crippen molar-refractivity contribution in [3.05, 3.63) is 69.7 Å². The van der Waals surface area contributed by atoms with Crippen LogP contribution in [-0.2, 0) is 17.9 Å². The fourth-order valence-corrected chi connectivity index (χ4v) is 3.54. The van der Waals surface area contributed by atoms with E-state index < -0.39 is 0 Å². The molecule has 1 fully saturated rings. The van der Waals surface area contributed by atoms with Gasteiger partial charge in [-0.3, -0.25) is 4.90 Å². The molecule has 0 spiro atoms. The highest BCUT2D eigenvalue weighted by Gasteiger charge is 2.19. The average molecular weight is 402 g/mol. The van der Waals surface area contributed by atoms with Gasteiger partial charge in [0.15, 0.2) is 0 Å². The molecule has 0 N–H and O–H groups in total. The normalized spacial score (nSPS) is 18.1. The molecule has 0 aliphatic carbocycles. The first-order valence-corrected chi connectivity index (χ1v) is 9.66. The van der Waals surface area contributed by atoms with Gasteiger partial charge in [-0.25, -0.2) is 4.79 Å². The summed E-state index contributed by atoms with van der Waals surface area (Å²) in [7, 11) is 0. The van der Waals surface area contributed by atoms with E-state index in [1.165, 1.54) is 24.8 Å². The van der Waals surface area contributed by atoms with Crippen molar-refractivity contribution >= 4 is 21.9 Å². The highest BCUT2D eigenvalue weighted by molar-refractivity contribution is 9.10. The Labute approximate surface area is 158 Å². The third kappa shape index (κ3) is 4.93. The number of hydrogen-bond donors (Lipinski definition) is 0. The Kier molecular flexibility index (Phi) is 6.27. The van der Waals surface area contributed by atoms with Crippen LogP contribution in [0.5, 0.6) is 0 Å². The molecule has 4 heteroatoms. The van der Waals surface area contributed by atoms with Crippen molar-refractivity contribution in [3.8, 4) is 0 Å². The van der Waals surface area contributed by atoms with Crippen LogP contribution in [-0.4, -0.2) is 23.5 Å². The molecule has 1 saturated heterocycles. The number of halogens is 1. The van der Waals surface area contributed by atoms with Crippen LogP contribution in [0.4, 0.5) is 0 Å². The second kappa shape index (κ2) is 8.63. The molecule has 2 aromatic carbocycles. The molecule has 0 aromatic heterocycles. The maximum atomic E-state index is 12.2. The number of rotatable bonds is 5. The van der Waals surface area contributed by atoms with Gasteiger partial charge in [-0.15, -0.1) is 0 Å². The molecule has 0 amide bonds. The zero-order chi connectivity index (χ0) is 17.6. The van der Waals surface area contributed by atoms with Crippen molar-refractivity contribution in [1.82, 2.24) is 4.90 Å². The number of piperidine rings is 1. The van der Waals surface area contributed by atoms with Gasteiger partial charge in [-0.1, -0.05) is 46.6 Å². The van der Waals surface area contributed by atoms with Gasteiger partial charge in [0.1, 0.15) is 6.61 Å². The monoisotopic (exact) mass is 401 g/mol. The number of benzene rings is 2. The first-order valence-electron chi connectivity index (χ1n) is 8.87. The lowest BCUT2D eigenvalue weighted by Gasteiger charge is -2.33. The maximum absolute atomic E-state index is 12.2. The van der Waals surface area contributed by atoms with Gasteiger partial charge >= 0.3 is 5.97 Å². The van der Waals surface area contributed by atoms with Gasteiger partial charge in [0.05, 0.1) is 5.56 Å². The lowest BCUT2D eigenvalue weighted by molar-refractivity contribution is 0.0470. The summed E-state index contributed by atoms with van der Waals surface area (Å²) in [4.78, 5) is 14.8. The Morgan fingerprint density at radius 3 is 2.56 bits per heavy atom. The second-order valence-corrected chi connectivity index (χ2v) is 7.58. The molecule has 0 bridgehead atoms. The SMILES string of the molecule is C[C@H]1CCCCN1Cc1ccccc1COC(=O)c1ccc(Br)cc1. The minimum atomic E-state index is -0.284. The standard InChI is InChI=1S/C21H24BrNO2/c1-16-6-4-5-13-23(16)14-18-7-2-3-8-19(18)15-25-21(24)17-9-11-20(22)12-10-17/h2-3,7-12,16H,4-6,13-15H2,1H3/t16-/m0/s1. The van der Waals surface area contributed by atoms with Crippen molar-refractivity contribution in [2.24, 2.45) is 0 Å². The first kappa shape index (κ1) is 18.2. The molecule has 132 valence electrons. The van der Waals surface area contributed by atoms with Crippen molar-refractivity contribution in [2.45, 2.75) is 45.4 Å². The first-order chi connectivity index (χ1) is 12.1. The molecule has 1 atom stereocenters. The number of nitrogens with zero attached hydrogens (tertiary/aromatic N) is 1. The van der Waals surface area contributed by atoms with Gasteiger partial charge < -0.3 is 4.74 Å². The fraction of sp³-hybridized carbons (Fsp3) is 0.381. The van der Waals surface area contributed by atoms with E-state index >= 15 is 0 Å². The zero-order valence-corrected chi connectivity index (χ0v) is 16.2. The number of esters is 1. The maximum Gasteiger partial charge on any atom is 0.338 e. The summed E-state index contributed by atoms with van der Waals surface area (Å²) in [5.74, 6) is -0.284. The third-order valence-corrected chi connectivity index (χ3v) is 5.40. The van der Waals surface area contributed by atoms with Gasteiger partial charge in [-0.05, 0) is 61.7 Å². The van der Waals surface area contributed by atoms with E-state index in [-0.39, 0.29) is 5.97 Å². The summed E-state index contributed by atoms with van der Waals surface area (Å²) in [6.07, 6.45) is 3.86. The van der Waals surface area contributed by atoms with Crippen LogP contribution < -0.4 is 0 Å². The Bertz CT molecular complexity index is 714. The van der Waals surface area contributed by atoms with Crippen LogP contribution in [0.3, 0.4) is 0 Å². The van der Waals surface area contributed by atoms with E-state index in [2.05, 4.69) is 46.0 Å². The largest absolute Gasteiger partial charge is 0.457 e. The molecule has 1 aliphatic rings. The minimum absolute atomic E-state index is 0.284.